The van der Waals surface area contributed by atoms with E-state index >= 15 is 0 Å². The number of ether oxygens (including phenoxy) is 1. The van der Waals surface area contributed by atoms with Crippen LogP contribution in [0.25, 0.3) is 11.3 Å². The number of aromatic nitrogens is 1. The molecule has 0 amide bonds. The van der Waals surface area contributed by atoms with Crippen molar-refractivity contribution in [2.45, 2.75) is 25.7 Å². The van der Waals surface area contributed by atoms with Crippen molar-refractivity contribution in [2.24, 2.45) is 0 Å². The first-order valence-corrected chi connectivity index (χ1v) is 7.44. The quantitative estimate of drug-likeness (QED) is 0.757. The van der Waals surface area contributed by atoms with Gasteiger partial charge in [0.05, 0.1) is 0 Å². The molecule has 4 rings (SSSR count). The Kier molecular flexibility index (Phi) is 2.97. The Labute approximate surface area is 127 Å². The minimum atomic E-state index is -0.574. The van der Waals surface area contributed by atoms with Crippen LogP contribution in [0.4, 0.5) is 0 Å². The topological polar surface area (TPSA) is 69.4 Å². The van der Waals surface area contributed by atoms with Gasteiger partial charge in [-0.3, -0.25) is 9.59 Å². The van der Waals surface area contributed by atoms with Crippen LogP contribution in [0.2, 0.25) is 0 Å². The van der Waals surface area contributed by atoms with Crippen LogP contribution in [0, 0.1) is 6.92 Å². The van der Waals surface area contributed by atoms with Crippen LogP contribution in [-0.2, 0) is 4.74 Å². The van der Waals surface area contributed by atoms with Gasteiger partial charge in [0.25, 0.3) is 5.78 Å². The number of Topliss-reactive ketones (excluding diaryl/α,β-unsaturated/α-hetero) is 2. The normalized spacial score (nSPS) is 18.2. The van der Waals surface area contributed by atoms with Crippen molar-refractivity contribution in [3.63, 3.8) is 0 Å². The van der Waals surface area contributed by atoms with E-state index in [9.17, 15) is 9.59 Å². The van der Waals surface area contributed by atoms with Gasteiger partial charge < -0.3 is 9.15 Å². The Morgan fingerprint density at radius 1 is 1.14 bits per heavy atom. The molecule has 1 aromatic heterocycles. The second-order valence-corrected chi connectivity index (χ2v) is 5.77. The first kappa shape index (κ1) is 13.4. The summed E-state index contributed by atoms with van der Waals surface area (Å²) in [5.41, 5.74) is 2.18. The van der Waals surface area contributed by atoms with Gasteiger partial charge in [0, 0.05) is 30.3 Å². The molecule has 0 spiro atoms. The second kappa shape index (κ2) is 4.88. The Hall–Kier alpha value is -2.27. The predicted molar refractivity (Wildman–Crippen MR) is 78.1 cm³/mol. The van der Waals surface area contributed by atoms with Crippen LogP contribution < -0.4 is 0 Å². The van der Waals surface area contributed by atoms with Gasteiger partial charge in [-0.15, -0.1) is 0 Å². The van der Waals surface area contributed by atoms with E-state index in [2.05, 4.69) is 4.98 Å². The lowest BCUT2D eigenvalue weighted by atomic mass is 9.88. The van der Waals surface area contributed by atoms with Gasteiger partial charge >= 0.3 is 0 Å². The lowest BCUT2D eigenvalue weighted by molar-refractivity contribution is 0.0795. The summed E-state index contributed by atoms with van der Waals surface area (Å²) in [6.45, 7) is 3.24. The fraction of sp³-hybridized carbons (Fsp3) is 0.353. The molecule has 5 nitrogen and oxygen atoms in total. The zero-order valence-corrected chi connectivity index (χ0v) is 12.2. The summed E-state index contributed by atoms with van der Waals surface area (Å²) < 4.78 is 11.3. The molecule has 1 aliphatic carbocycles. The van der Waals surface area contributed by atoms with Crippen LogP contribution in [0.3, 0.4) is 0 Å². The van der Waals surface area contributed by atoms with Crippen LogP contribution >= 0.6 is 0 Å². The van der Waals surface area contributed by atoms with E-state index in [1.807, 2.05) is 13.0 Å². The number of hydrogen-bond donors (Lipinski definition) is 0. The summed E-state index contributed by atoms with van der Waals surface area (Å²) in [6, 6.07) is 5.35. The van der Waals surface area contributed by atoms with Crippen molar-refractivity contribution < 1.29 is 18.7 Å². The highest BCUT2D eigenvalue weighted by Gasteiger charge is 2.37. The monoisotopic (exact) mass is 297 g/mol. The lowest BCUT2D eigenvalue weighted by Crippen LogP contribution is -2.21. The standard InChI is InChI=1S/C17H15NO4/c1-9-3-2-4-11-12(9)16-13(15(20)14(11)19)18-17(22-16)10-5-7-21-8-6-10/h2-4,10H,5-8H2,1H3. The first-order chi connectivity index (χ1) is 10.7. The Balaban J connectivity index is 1.88. The summed E-state index contributed by atoms with van der Waals surface area (Å²) in [5, 5.41) is 0. The molecular formula is C17H15NO4. The molecule has 112 valence electrons. The van der Waals surface area contributed by atoms with Gasteiger partial charge in [-0.1, -0.05) is 18.2 Å². The molecule has 0 atom stereocenters. The van der Waals surface area contributed by atoms with Crippen molar-refractivity contribution in [3.8, 4) is 11.3 Å². The van der Waals surface area contributed by atoms with Crippen molar-refractivity contribution >= 4 is 11.6 Å². The maximum Gasteiger partial charge on any atom is 0.255 e. The van der Waals surface area contributed by atoms with Gasteiger partial charge in [0.15, 0.2) is 17.3 Å². The molecule has 1 aliphatic heterocycles. The highest BCUT2D eigenvalue weighted by Crippen LogP contribution is 2.39. The molecule has 0 unspecified atom stereocenters. The Morgan fingerprint density at radius 3 is 2.68 bits per heavy atom. The number of carbonyl (C=O) groups is 2. The molecule has 0 radical (unpaired) electrons. The number of hydrogen-bond acceptors (Lipinski definition) is 5. The maximum atomic E-state index is 12.3. The van der Waals surface area contributed by atoms with Crippen molar-refractivity contribution in [1.82, 2.24) is 4.98 Å². The predicted octanol–water partition coefficient (Wildman–Crippen LogP) is 2.92. The van der Waals surface area contributed by atoms with E-state index in [-0.39, 0.29) is 11.6 Å². The Morgan fingerprint density at radius 2 is 1.91 bits per heavy atom. The molecule has 0 saturated carbocycles. The minimum Gasteiger partial charge on any atom is -0.440 e. The third-order valence-corrected chi connectivity index (χ3v) is 4.38. The van der Waals surface area contributed by atoms with Crippen LogP contribution in [-0.4, -0.2) is 29.8 Å². The molecule has 22 heavy (non-hydrogen) atoms. The van der Waals surface area contributed by atoms with Crippen molar-refractivity contribution in [2.75, 3.05) is 13.2 Å². The molecule has 2 aliphatic rings. The van der Waals surface area contributed by atoms with E-state index in [0.717, 1.165) is 18.4 Å². The first-order valence-electron chi connectivity index (χ1n) is 7.44. The molecule has 5 heteroatoms. The second-order valence-electron chi connectivity index (χ2n) is 5.77. The number of aryl methyl sites for hydroxylation is 1. The van der Waals surface area contributed by atoms with E-state index < -0.39 is 11.6 Å². The SMILES string of the molecule is Cc1cccc2c1-c1oc(C3CCOCC3)nc1C(=O)C2=O. The zero-order valence-electron chi connectivity index (χ0n) is 12.2. The molecular weight excluding hydrogens is 282 g/mol. The molecule has 2 heterocycles. The van der Waals surface area contributed by atoms with Gasteiger partial charge in [0.1, 0.15) is 0 Å². The summed E-state index contributed by atoms with van der Waals surface area (Å²) in [4.78, 5) is 28.9. The average Bonchev–Trinajstić information content (AvgIpc) is 2.98. The number of nitrogens with zero attached hydrogens (tertiary/aromatic N) is 1. The highest BCUT2D eigenvalue weighted by molar-refractivity contribution is 6.52. The fourth-order valence-corrected chi connectivity index (χ4v) is 3.17. The van der Waals surface area contributed by atoms with Crippen molar-refractivity contribution in [3.05, 3.63) is 40.9 Å². The Bertz CT molecular complexity index is 784. The van der Waals surface area contributed by atoms with E-state index in [1.54, 1.807) is 12.1 Å². The lowest BCUT2D eigenvalue weighted by Gasteiger charge is -2.18. The summed E-state index contributed by atoms with van der Waals surface area (Å²) >= 11 is 0. The number of oxazole rings is 1. The third-order valence-electron chi connectivity index (χ3n) is 4.38. The number of carbonyl (C=O) groups excluding carboxylic acids is 2. The molecule has 1 fully saturated rings. The van der Waals surface area contributed by atoms with Crippen LogP contribution in [0.5, 0.6) is 0 Å². The number of ketones is 2. The smallest absolute Gasteiger partial charge is 0.255 e. The van der Waals surface area contributed by atoms with Gasteiger partial charge in [-0.25, -0.2) is 4.98 Å². The maximum absolute atomic E-state index is 12.3. The van der Waals surface area contributed by atoms with Gasteiger partial charge in [0.2, 0.25) is 5.78 Å². The van der Waals surface area contributed by atoms with Gasteiger partial charge in [-0.2, -0.15) is 0 Å². The van der Waals surface area contributed by atoms with Crippen LogP contribution in [0.15, 0.2) is 22.6 Å². The number of fused-ring (bicyclic) bond motifs is 3. The molecule has 1 aromatic carbocycles. The van der Waals surface area contributed by atoms with Gasteiger partial charge in [-0.05, 0) is 25.3 Å². The van der Waals surface area contributed by atoms with E-state index in [0.29, 0.717) is 36.0 Å². The molecule has 0 bridgehead atoms. The van der Waals surface area contributed by atoms with Crippen molar-refractivity contribution in [1.29, 1.82) is 0 Å². The summed E-state index contributed by atoms with van der Waals surface area (Å²) in [5.74, 6) is 0.0626. The average molecular weight is 297 g/mol. The molecule has 2 aromatic rings. The third kappa shape index (κ3) is 1.85. The molecule has 1 saturated heterocycles. The van der Waals surface area contributed by atoms with E-state index in [1.165, 1.54) is 0 Å². The summed E-state index contributed by atoms with van der Waals surface area (Å²) in [6.07, 6.45) is 1.64. The molecule has 0 N–H and O–H groups in total. The number of benzene rings is 1. The highest BCUT2D eigenvalue weighted by atomic mass is 16.5. The fourth-order valence-electron chi connectivity index (χ4n) is 3.17. The zero-order chi connectivity index (χ0) is 15.3. The largest absolute Gasteiger partial charge is 0.440 e. The summed E-state index contributed by atoms with van der Waals surface area (Å²) in [7, 11) is 0. The number of rotatable bonds is 1. The minimum absolute atomic E-state index is 0.148. The van der Waals surface area contributed by atoms with Crippen LogP contribution in [0.1, 0.15) is 51.1 Å². The van der Waals surface area contributed by atoms with E-state index in [4.69, 9.17) is 9.15 Å².